The molecule has 0 spiro atoms. The van der Waals surface area contributed by atoms with Crippen molar-refractivity contribution < 1.29 is 32.2 Å². The molecule has 0 aromatic carbocycles. The lowest BCUT2D eigenvalue weighted by molar-refractivity contribution is -0.207. The van der Waals surface area contributed by atoms with E-state index in [1.54, 1.807) is 6.92 Å². The second-order valence-electron chi connectivity index (χ2n) is 3.50. The molecule has 4 nitrogen and oxygen atoms in total. The summed E-state index contributed by atoms with van der Waals surface area (Å²) < 4.78 is 44.4. The van der Waals surface area contributed by atoms with Crippen molar-refractivity contribution >= 4 is 11.9 Å². The lowest BCUT2D eigenvalue weighted by Gasteiger charge is -2.27. The minimum Gasteiger partial charge on any atom is -0.455 e. The molecule has 0 aliphatic rings. The van der Waals surface area contributed by atoms with Gasteiger partial charge in [-0.15, -0.1) is 0 Å². The topological polar surface area (TPSA) is 52.6 Å². The Morgan fingerprint density at radius 3 is 2.24 bits per heavy atom. The Balaban J connectivity index is 4.45. The molecule has 98 valence electrons. The fourth-order valence-electron chi connectivity index (χ4n) is 0.788. The molecule has 0 saturated heterocycles. The van der Waals surface area contributed by atoms with Gasteiger partial charge in [0, 0.05) is 6.08 Å². The predicted octanol–water partition coefficient (Wildman–Crippen LogP) is 1.99. The highest BCUT2D eigenvalue weighted by molar-refractivity contribution is 5.81. The second kappa shape index (κ2) is 5.70. The van der Waals surface area contributed by atoms with Crippen LogP contribution in [0, 0.1) is 0 Å². The Labute approximate surface area is 96.4 Å². The third-order valence-electron chi connectivity index (χ3n) is 2.00. The van der Waals surface area contributed by atoms with Crippen LogP contribution in [0.25, 0.3) is 0 Å². The van der Waals surface area contributed by atoms with Crippen molar-refractivity contribution in [1.29, 1.82) is 0 Å². The smallest absolute Gasteiger partial charge is 0.455 e. The highest BCUT2D eigenvalue weighted by Crippen LogP contribution is 2.21. The molecule has 1 atom stereocenters. The molecule has 0 bridgehead atoms. The Morgan fingerprint density at radius 1 is 1.35 bits per heavy atom. The van der Waals surface area contributed by atoms with Crippen LogP contribution in [0.5, 0.6) is 0 Å². The van der Waals surface area contributed by atoms with Gasteiger partial charge in [0.15, 0.2) is 0 Å². The predicted molar refractivity (Wildman–Crippen MR) is 52.0 cm³/mol. The summed E-state index contributed by atoms with van der Waals surface area (Å²) >= 11 is 0. The van der Waals surface area contributed by atoms with Crippen LogP contribution in [0.1, 0.15) is 20.3 Å². The van der Waals surface area contributed by atoms with Crippen LogP contribution in [0.2, 0.25) is 0 Å². The number of alkyl halides is 3. The van der Waals surface area contributed by atoms with Crippen molar-refractivity contribution in [1.82, 2.24) is 0 Å². The van der Waals surface area contributed by atoms with E-state index in [0.717, 1.165) is 6.08 Å². The first-order valence-corrected chi connectivity index (χ1v) is 4.74. The molecule has 0 rings (SSSR count). The summed E-state index contributed by atoms with van der Waals surface area (Å²) in [5.74, 6) is -3.11. The van der Waals surface area contributed by atoms with Crippen molar-refractivity contribution in [2.24, 2.45) is 0 Å². The number of hydrogen-bond donors (Lipinski definition) is 0. The summed E-state index contributed by atoms with van der Waals surface area (Å²) in [6, 6.07) is 0. The number of rotatable bonds is 5. The van der Waals surface area contributed by atoms with Crippen LogP contribution in [-0.2, 0) is 19.1 Å². The molecule has 0 N–H and O–H groups in total. The van der Waals surface area contributed by atoms with Gasteiger partial charge in [-0.2, -0.15) is 13.2 Å². The maximum Gasteiger partial charge on any atom is 0.490 e. The van der Waals surface area contributed by atoms with Gasteiger partial charge in [0.1, 0.15) is 12.2 Å². The number of ether oxygens (including phenoxy) is 2. The first-order chi connectivity index (χ1) is 7.64. The highest BCUT2D eigenvalue weighted by Gasteiger charge is 2.42. The highest BCUT2D eigenvalue weighted by atomic mass is 19.4. The normalized spacial score (nSPS) is 14.6. The van der Waals surface area contributed by atoms with Crippen LogP contribution in [-0.4, -0.2) is 30.3 Å². The molecule has 17 heavy (non-hydrogen) atoms. The lowest BCUT2D eigenvalue weighted by atomic mass is 10.1. The average Bonchev–Trinajstić information content (AvgIpc) is 2.24. The number of hydrogen-bond acceptors (Lipinski definition) is 4. The van der Waals surface area contributed by atoms with Crippen molar-refractivity contribution in [3.05, 3.63) is 12.7 Å². The SMILES string of the molecule is C=CC(=O)OC(C)(CC)COC(=O)C(F)(F)F. The van der Waals surface area contributed by atoms with Crippen LogP contribution in [0.15, 0.2) is 12.7 Å². The van der Waals surface area contributed by atoms with Crippen LogP contribution in [0.3, 0.4) is 0 Å². The van der Waals surface area contributed by atoms with Gasteiger partial charge in [0.2, 0.25) is 0 Å². The molecule has 7 heteroatoms. The summed E-state index contributed by atoms with van der Waals surface area (Å²) in [4.78, 5) is 21.4. The fourth-order valence-corrected chi connectivity index (χ4v) is 0.788. The molecule has 0 saturated carbocycles. The van der Waals surface area contributed by atoms with Crippen molar-refractivity contribution in [2.75, 3.05) is 6.61 Å². The zero-order chi connectivity index (χ0) is 13.7. The van der Waals surface area contributed by atoms with Gasteiger partial charge in [-0.25, -0.2) is 9.59 Å². The minimum atomic E-state index is -5.06. The lowest BCUT2D eigenvalue weighted by Crippen LogP contribution is -2.39. The van der Waals surface area contributed by atoms with E-state index in [4.69, 9.17) is 4.74 Å². The molecular formula is C10H13F3O4. The summed E-state index contributed by atoms with van der Waals surface area (Å²) in [6.07, 6.45) is -3.99. The van der Waals surface area contributed by atoms with E-state index in [1.165, 1.54) is 6.92 Å². The molecule has 0 aromatic heterocycles. The van der Waals surface area contributed by atoms with Crippen molar-refractivity contribution in [2.45, 2.75) is 32.0 Å². The molecule has 0 aliphatic heterocycles. The monoisotopic (exact) mass is 254 g/mol. The zero-order valence-corrected chi connectivity index (χ0v) is 9.47. The third-order valence-corrected chi connectivity index (χ3v) is 2.00. The standard InChI is InChI=1S/C10H13F3O4/c1-4-7(14)17-9(3,5-2)6-16-8(15)10(11,12)13/h4H,1,5-6H2,2-3H3. The Hall–Kier alpha value is -1.53. The molecular weight excluding hydrogens is 241 g/mol. The summed E-state index contributed by atoms with van der Waals surface area (Å²) in [5.41, 5.74) is -1.30. The van der Waals surface area contributed by atoms with Gasteiger partial charge in [-0.1, -0.05) is 13.5 Å². The van der Waals surface area contributed by atoms with Crippen molar-refractivity contribution in [3.63, 3.8) is 0 Å². The first-order valence-electron chi connectivity index (χ1n) is 4.74. The molecule has 0 radical (unpaired) electrons. The van der Waals surface area contributed by atoms with E-state index >= 15 is 0 Å². The van der Waals surface area contributed by atoms with Gasteiger partial charge < -0.3 is 9.47 Å². The van der Waals surface area contributed by atoms with Gasteiger partial charge in [0.05, 0.1) is 0 Å². The summed E-state index contributed by atoms with van der Waals surface area (Å²) in [6.45, 7) is 5.43. The van der Waals surface area contributed by atoms with Gasteiger partial charge in [-0.3, -0.25) is 0 Å². The maximum atomic E-state index is 11.9. The van der Waals surface area contributed by atoms with E-state index in [0.29, 0.717) is 0 Å². The number of carbonyl (C=O) groups is 2. The van der Waals surface area contributed by atoms with Gasteiger partial charge >= 0.3 is 18.1 Å². The zero-order valence-electron chi connectivity index (χ0n) is 9.47. The molecule has 0 amide bonds. The summed E-state index contributed by atoms with van der Waals surface area (Å²) in [5, 5.41) is 0. The van der Waals surface area contributed by atoms with Crippen molar-refractivity contribution in [3.8, 4) is 0 Å². The number of esters is 2. The van der Waals surface area contributed by atoms with E-state index in [-0.39, 0.29) is 6.42 Å². The van der Waals surface area contributed by atoms with E-state index in [1.807, 2.05) is 0 Å². The number of carbonyl (C=O) groups excluding carboxylic acids is 2. The fraction of sp³-hybridized carbons (Fsp3) is 0.600. The third kappa shape index (κ3) is 5.37. The largest absolute Gasteiger partial charge is 0.490 e. The maximum absolute atomic E-state index is 11.9. The van der Waals surface area contributed by atoms with Crippen LogP contribution < -0.4 is 0 Å². The average molecular weight is 254 g/mol. The quantitative estimate of drug-likeness (QED) is 0.556. The minimum absolute atomic E-state index is 0.192. The van der Waals surface area contributed by atoms with Crippen LogP contribution in [0.4, 0.5) is 13.2 Å². The van der Waals surface area contributed by atoms with Crippen LogP contribution >= 0.6 is 0 Å². The molecule has 0 heterocycles. The number of halogens is 3. The van der Waals surface area contributed by atoms with Gasteiger partial charge in [-0.05, 0) is 13.3 Å². The molecule has 1 unspecified atom stereocenters. The Kier molecular flexibility index (Phi) is 5.18. The second-order valence-corrected chi connectivity index (χ2v) is 3.50. The molecule has 0 fully saturated rings. The van der Waals surface area contributed by atoms with E-state index in [9.17, 15) is 22.8 Å². The summed E-state index contributed by atoms with van der Waals surface area (Å²) in [7, 11) is 0. The first kappa shape index (κ1) is 15.5. The molecule has 0 aromatic rings. The Bertz CT molecular complexity index is 311. The Morgan fingerprint density at radius 2 is 1.88 bits per heavy atom. The van der Waals surface area contributed by atoms with E-state index < -0.39 is 30.3 Å². The molecule has 0 aliphatic carbocycles. The van der Waals surface area contributed by atoms with Gasteiger partial charge in [0.25, 0.3) is 0 Å². The van der Waals surface area contributed by atoms with E-state index in [2.05, 4.69) is 11.3 Å².